The van der Waals surface area contributed by atoms with Gasteiger partial charge in [0.1, 0.15) is 13.2 Å². The third kappa shape index (κ3) is 3.63. The van der Waals surface area contributed by atoms with Gasteiger partial charge in [-0.3, -0.25) is 0 Å². The highest BCUT2D eigenvalue weighted by atomic mass is 32.2. The second-order valence-corrected chi connectivity index (χ2v) is 7.66. The number of hydrogen-bond donors (Lipinski definition) is 1. The quantitative estimate of drug-likeness (QED) is 0.839. The zero-order chi connectivity index (χ0) is 14.7. The van der Waals surface area contributed by atoms with E-state index in [2.05, 4.69) is 10.2 Å². The SMILES string of the molecule is CSc1nnc(SCC(N)c2ccc3c(c2)OCCO3)s1. The van der Waals surface area contributed by atoms with E-state index in [4.69, 9.17) is 15.2 Å². The summed E-state index contributed by atoms with van der Waals surface area (Å²) in [6.07, 6.45) is 2.00. The minimum absolute atomic E-state index is 0.0764. The van der Waals surface area contributed by atoms with E-state index in [1.165, 1.54) is 0 Å². The molecule has 3 rings (SSSR count). The topological polar surface area (TPSA) is 70.3 Å². The Morgan fingerprint density at radius 2 is 2.00 bits per heavy atom. The van der Waals surface area contributed by atoms with Crippen LogP contribution in [0.15, 0.2) is 26.9 Å². The Labute approximate surface area is 135 Å². The molecule has 0 aliphatic carbocycles. The molecular formula is C13H15N3O2S3. The molecule has 1 aliphatic rings. The van der Waals surface area contributed by atoms with Crippen molar-refractivity contribution in [1.29, 1.82) is 0 Å². The van der Waals surface area contributed by atoms with E-state index >= 15 is 0 Å². The average Bonchev–Trinajstić information content (AvgIpc) is 3.00. The van der Waals surface area contributed by atoms with Gasteiger partial charge in [-0.1, -0.05) is 40.9 Å². The van der Waals surface area contributed by atoms with Crippen LogP contribution < -0.4 is 15.2 Å². The summed E-state index contributed by atoms with van der Waals surface area (Å²) in [6, 6.07) is 5.80. The third-order valence-corrected chi connectivity index (χ3v) is 6.09. The Bertz CT molecular complexity index is 620. The normalized spacial score (nSPS) is 15.0. The van der Waals surface area contributed by atoms with Gasteiger partial charge in [0.15, 0.2) is 20.2 Å². The summed E-state index contributed by atoms with van der Waals surface area (Å²) in [4.78, 5) is 0. The largest absolute Gasteiger partial charge is 0.486 e. The lowest BCUT2D eigenvalue weighted by atomic mass is 10.1. The molecule has 0 radical (unpaired) electrons. The predicted octanol–water partition coefficient (Wildman–Crippen LogP) is 2.82. The van der Waals surface area contributed by atoms with Crippen LogP contribution in [0.1, 0.15) is 11.6 Å². The molecule has 0 saturated heterocycles. The van der Waals surface area contributed by atoms with Crippen molar-refractivity contribution in [1.82, 2.24) is 10.2 Å². The van der Waals surface area contributed by atoms with E-state index in [1.807, 2.05) is 24.5 Å². The van der Waals surface area contributed by atoms with E-state index in [0.29, 0.717) is 13.2 Å². The summed E-state index contributed by atoms with van der Waals surface area (Å²) in [5.74, 6) is 2.32. The summed E-state index contributed by atoms with van der Waals surface area (Å²) < 4.78 is 13.0. The first-order chi connectivity index (χ1) is 10.3. The number of fused-ring (bicyclic) bond motifs is 1. The van der Waals surface area contributed by atoms with Gasteiger partial charge >= 0.3 is 0 Å². The van der Waals surface area contributed by atoms with Crippen LogP contribution in [-0.4, -0.2) is 35.4 Å². The number of rotatable bonds is 5. The molecule has 112 valence electrons. The molecule has 21 heavy (non-hydrogen) atoms. The molecule has 2 aromatic rings. The Hall–Kier alpha value is -0.960. The molecule has 0 bridgehead atoms. The Kier molecular flexibility index (Phi) is 4.89. The van der Waals surface area contributed by atoms with Crippen LogP contribution in [0.2, 0.25) is 0 Å². The number of benzene rings is 1. The van der Waals surface area contributed by atoms with Crippen molar-refractivity contribution in [3.8, 4) is 11.5 Å². The van der Waals surface area contributed by atoms with Gasteiger partial charge in [-0.05, 0) is 24.0 Å². The monoisotopic (exact) mass is 341 g/mol. The van der Waals surface area contributed by atoms with Gasteiger partial charge in [0.2, 0.25) is 0 Å². The second kappa shape index (κ2) is 6.87. The van der Waals surface area contributed by atoms with E-state index in [-0.39, 0.29) is 6.04 Å². The molecule has 1 aromatic heterocycles. The summed E-state index contributed by atoms with van der Waals surface area (Å²) >= 11 is 4.83. The van der Waals surface area contributed by atoms with Crippen molar-refractivity contribution in [3.05, 3.63) is 23.8 Å². The molecule has 5 nitrogen and oxygen atoms in total. The molecule has 0 fully saturated rings. The summed E-state index contributed by atoms with van der Waals surface area (Å²) in [7, 11) is 0. The van der Waals surface area contributed by atoms with Crippen LogP contribution in [0.4, 0.5) is 0 Å². The van der Waals surface area contributed by atoms with Gasteiger partial charge in [-0.2, -0.15) is 0 Å². The van der Waals surface area contributed by atoms with Crippen molar-refractivity contribution in [2.75, 3.05) is 25.2 Å². The van der Waals surface area contributed by atoms with E-state index in [1.54, 1.807) is 34.9 Å². The number of nitrogens with two attached hydrogens (primary N) is 1. The van der Waals surface area contributed by atoms with Gasteiger partial charge in [-0.15, -0.1) is 10.2 Å². The lowest BCUT2D eigenvalue weighted by Crippen LogP contribution is -2.17. The first-order valence-corrected chi connectivity index (χ1v) is 9.44. The minimum atomic E-state index is -0.0764. The molecule has 0 saturated carbocycles. The standard InChI is InChI=1S/C13H15N3O2S3/c1-19-12-15-16-13(21-12)20-7-9(14)8-2-3-10-11(6-8)18-5-4-17-10/h2-3,6,9H,4-5,7,14H2,1H3. The molecule has 2 N–H and O–H groups in total. The van der Waals surface area contributed by atoms with Crippen molar-refractivity contribution in [2.45, 2.75) is 14.7 Å². The number of aromatic nitrogens is 2. The van der Waals surface area contributed by atoms with Crippen LogP contribution in [-0.2, 0) is 0 Å². The van der Waals surface area contributed by atoms with Crippen LogP contribution in [0.25, 0.3) is 0 Å². The van der Waals surface area contributed by atoms with E-state index in [9.17, 15) is 0 Å². The lowest BCUT2D eigenvalue weighted by Gasteiger charge is -2.20. The van der Waals surface area contributed by atoms with Gasteiger partial charge in [-0.25, -0.2) is 0 Å². The predicted molar refractivity (Wildman–Crippen MR) is 86.8 cm³/mol. The summed E-state index contributed by atoms with van der Waals surface area (Å²) in [6.45, 7) is 1.19. The molecule has 0 amide bonds. The summed E-state index contributed by atoms with van der Waals surface area (Å²) in [5, 5.41) is 8.21. The highest BCUT2D eigenvalue weighted by Crippen LogP contribution is 2.34. The molecule has 8 heteroatoms. The fourth-order valence-corrected chi connectivity index (χ4v) is 4.34. The van der Waals surface area contributed by atoms with Gasteiger partial charge in [0, 0.05) is 11.8 Å². The maximum Gasteiger partial charge on any atom is 0.175 e. The molecule has 1 aromatic carbocycles. The van der Waals surface area contributed by atoms with Gasteiger partial charge < -0.3 is 15.2 Å². The second-order valence-electron chi connectivity index (χ2n) is 4.36. The average molecular weight is 341 g/mol. The molecule has 1 unspecified atom stereocenters. The molecule has 1 atom stereocenters. The first-order valence-electron chi connectivity index (χ1n) is 6.41. The van der Waals surface area contributed by atoms with E-state index < -0.39 is 0 Å². The van der Waals surface area contributed by atoms with Crippen LogP contribution in [0, 0.1) is 0 Å². The fourth-order valence-electron chi connectivity index (χ4n) is 1.89. The Balaban J connectivity index is 1.63. The highest BCUT2D eigenvalue weighted by Gasteiger charge is 2.15. The van der Waals surface area contributed by atoms with E-state index in [0.717, 1.165) is 31.5 Å². The zero-order valence-electron chi connectivity index (χ0n) is 11.4. The maximum atomic E-state index is 6.25. The van der Waals surface area contributed by atoms with Gasteiger partial charge in [0.05, 0.1) is 0 Å². The van der Waals surface area contributed by atoms with Crippen molar-refractivity contribution in [3.63, 3.8) is 0 Å². The first kappa shape index (κ1) is 15.0. The Morgan fingerprint density at radius 3 is 2.76 bits per heavy atom. The van der Waals surface area contributed by atoms with Crippen molar-refractivity contribution >= 4 is 34.9 Å². The van der Waals surface area contributed by atoms with Crippen LogP contribution in [0.3, 0.4) is 0 Å². The zero-order valence-corrected chi connectivity index (χ0v) is 13.9. The highest BCUT2D eigenvalue weighted by molar-refractivity contribution is 8.02. The number of thioether (sulfide) groups is 2. The number of ether oxygens (including phenoxy) is 2. The number of nitrogens with zero attached hydrogens (tertiary/aromatic N) is 2. The molecule has 2 heterocycles. The number of hydrogen-bond acceptors (Lipinski definition) is 8. The van der Waals surface area contributed by atoms with Crippen molar-refractivity contribution < 1.29 is 9.47 Å². The minimum Gasteiger partial charge on any atom is -0.486 e. The Morgan fingerprint density at radius 1 is 1.24 bits per heavy atom. The molecule has 1 aliphatic heterocycles. The smallest absolute Gasteiger partial charge is 0.175 e. The maximum absolute atomic E-state index is 6.25. The van der Waals surface area contributed by atoms with Crippen molar-refractivity contribution in [2.24, 2.45) is 5.73 Å². The molecular weight excluding hydrogens is 326 g/mol. The molecule has 0 spiro atoms. The lowest BCUT2D eigenvalue weighted by molar-refractivity contribution is 0.171. The third-order valence-electron chi connectivity index (χ3n) is 2.94. The fraction of sp³-hybridized carbons (Fsp3) is 0.385. The van der Waals surface area contributed by atoms with Crippen LogP contribution >= 0.6 is 34.9 Å². The van der Waals surface area contributed by atoms with Crippen LogP contribution in [0.5, 0.6) is 11.5 Å². The summed E-state index contributed by atoms with van der Waals surface area (Å²) in [5.41, 5.74) is 7.29. The van der Waals surface area contributed by atoms with Gasteiger partial charge in [0.25, 0.3) is 0 Å².